The number of hydrogen-bond acceptors (Lipinski definition) is 3. The van der Waals surface area contributed by atoms with Gasteiger partial charge in [-0.25, -0.2) is 0 Å². The van der Waals surface area contributed by atoms with Crippen LogP contribution >= 0.6 is 0 Å². The molecule has 0 bridgehead atoms. The van der Waals surface area contributed by atoms with Gasteiger partial charge in [0, 0.05) is 17.8 Å². The third-order valence-electron chi connectivity index (χ3n) is 8.16. The van der Waals surface area contributed by atoms with Crippen molar-refractivity contribution in [1.29, 1.82) is 0 Å². The Morgan fingerprint density at radius 1 is 1.04 bits per heavy atom. The summed E-state index contributed by atoms with van der Waals surface area (Å²) in [5.74, 6) is 0.896. The van der Waals surface area contributed by atoms with Crippen LogP contribution in [0.1, 0.15) is 65.7 Å². The number of hydrogen-bond donors (Lipinski definition) is 2. The van der Waals surface area contributed by atoms with Crippen molar-refractivity contribution in [2.24, 2.45) is 34.5 Å². The molecule has 0 aliphatic heterocycles. The second-order valence-electron chi connectivity index (χ2n) is 9.34. The lowest BCUT2D eigenvalue weighted by molar-refractivity contribution is -0.147. The Kier molecular flexibility index (Phi) is 3.23. The number of fused-ring (bicyclic) bond motifs is 5. The Morgan fingerprint density at radius 3 is 2.52 bits per heavy atom. The molecule has 4 aliphatic rings. The molecule has 128 valence electrons. The fraction of sp³-hybridized carbons (Fsp3) is 0.850. The molecule has 0 heterocycles. The van der Waals surface area contributed by atoms with Crippen LogP contribution in [-0.4, -0.2) is 21.8 Å². The van der Waals surface area contributed by atoms with Gasteiger partial charge in [-0.15, -0.1) is 0 Å². The number of carbonyl (C=O) groups is 1. The van der Waals surface area contributed by atoms with Gasteiger partial charge >= 0.3 is 0 Å². The van der Waals surface area contributed by atoms with E-state index in [9.17, 15) is 15.0 Å². The molecule has 0 saturated heterocycles. The SMILES string of the molecule is C[C@H]1C[C@H]2[C@@H]3CCC4=CC(O)(O)CC[C@]4(C)[C@H]3CC[C@]2(C)C1=O. The van der Waals surface area contributed by atoms with Crippen LogP contribution in [0.4, 0.5) is 0 Å². The lowest BCUT2D eigenvalue weighted by Gasteiger charge is -2.57. The first-order chi connectivity index (χ1) is 10.7. The van der Waals surface area contributed by atoms with Gasteiger partial charge in [0.2, 0.25) is 0 Å². The van der Waals surface area contributed by atoms with Crippen LogP contribution < -0.4 is 0 Å². The molecule has 2 N–H and O–H groups in total. The van der Waals surface area contributed by atoms with E-state index in [0.717, 1.165) is 38.5 Å². The predicted molar refractivity (Wildman–Crippen MR) is 88.4 cm³/mol. The second kappa shape index (κ2) is 4.70. The molecule has 3 nitrogen and oxygen atoms in total. The average molecular weight is 318 g/mol. The minimum absolute atomic E-state index is 0.0927. The molecule has 0 aromatic rings. The van der Waals surface area contributed by atoms with Gasteiger partial charge in [-0.3, -0.25) is 4.79 Å². The Morgan fingerprint density at radius 2 is 1.78 bits per heavy atom. The third-order valence-corrected chi connectivity index (χ3v) is 8.16. The molecule has 4 aliphatic carbocycles. The molecule has 0 unspecified atom stereocenters. The van der Waals surface area contributed by atoms with E-state index in [1.807, 2.05) is 0 Å². The van der Waals surface area contributed by atoms with Gasteiger partial charge in [0.1, 0.15) is 5.78 Å². The number of rotatable bonds is 0. The first-order valence-electron chi connectivity index (χ1n) is 9.39. The van der Waals surface area contributed by atoms with Gasteiger partial charge in [0.25, 0.3) is 0 Å². The van der Waals surface area contributed by atoms with Crippen molar-refractivity contribution in [2.45, 2.75) is 71.5 Å². The molecule has 0 radical (unpaired) electrons. The van der Waals surface area contributed by atoms with Gasteiger partial charge < -0.3 is 10.2 Å². The summed E-state index contributed by atoms with van der Waals surface area (Å²) in [6.45, 7) is 6.68. The molecular formula is C20H30O3. The van der Waals surface area contributed by atoms with E-state index in [1.54, 1.807) is 6.08 Å². The highest BCUT2D eigenvalue weighted by Gasteiger charge is 2.60. The van der Waals surface area contributed by atoms with Gasteiger partial charge in [0.05, 0.1) is 0 Å². The molecule has 6 atom stereocenters. The number of carbonyl (C=O) groups excluding carboxylic acids is 1. The van der Waals surface area contributed by atoms with Gasteiger partial charge in [0.15, 0.2) is 5.79 Å². The Bertz CT molecular complexity index is 577. The van der Waals surface area contributed by atoms with Crippen LogP contribution in [0.25, 0.3) is 0 Å². The van der Waals surface area contributed by atoms with Crippen LogP contribution in [0, 0.1) is 34.5 Å². The van der Waals surface area contributed by atoms with Crippen molar-refractivity contribution < 1.29 is 15.0 Å². The van der Waals surface area contributed by atoms with Gasteiger partial charge in [-0.1, -0.05) is 26.3 Å². The van der Waals surface area contributed by atoms with Crippen LogP contribution in [0.15, 0.2) is 11.6 Å². The van der Waals surface area contributed by atoms with E-state index in [2.05, 4.69) is 20.8 Å². The summed E-state index contributed by atoms with van der Waals surface area (Å²) in [5, 5.41) is 20.0. The second-order valence-corrected chi connectivity index (χ2v) is 9.34. The third kappa shape index (κ3) is 2.05. The largest absolute Gasteiger partial charge is 0.362 e. The fourth-order valence-electron chi connectivity index (χ4n) is 6.82. The number of allylic oxidation sites excluding steroid dienone is 1. The van der Waals surface area contributed by atoms with Gasteiger partial charge in [-0.05, 0) is 67.8 Å². The Balaban J connectivity index is 1.69. The van der Waals surface area contributed by atoms with Gasteiger partial charge in [-0.2, -0.15) is 0 Å². The smallest absolute Gasteiger partial charge is 0.182 e. The summed E-state index contributed by atoms with van der Waals surface area (Å²) >= 11 is 0. The Hall–Kier alpha value is -0.670. The normalized spacial score (nSPS) is 51.5. The van der Waals surface area contributed by atoms with E-state index in [-0.39, 0.29) is 16.7 Å². The average Bonchev–Trinajstić information content (AvgIpc) is 2.71. The van der Waals surface area contributed by atoms with Crippen LogP contribution in [0.5, 0.6) is 0 Å². The van der Waals surface area contributed by atoms with E-state index < -0.39 is 5.79 Å². The van der Waals surface area contributed by atoms with E-state index in [0.29, 0.717) is 30.0 Å². The highest BCUT2D eigenvalue weighted by atomic mass is 16.5. The maximum atomic E-state index is 12.7. The lowest BCUT2D eigenvalue weighted by atomic mass is 9.47. The fourth-order valence-corrected chi connectivity index (χ4v) is 6.82. The molecule has 23 heavy (non-hydrogen) atoms. The van der Waals surface area contributed by atoms with Crippen LogP contribution in [0.3, 0.4) is 0 Å². The summed E-state index contributed by atoms with van der Waals surface area (Å²) in [7, 11) is 0. The van der Waals surface area contributed by atoms with Crippen LogP contribution in [-0.2, 0) is 4.79 Å². The van der Waals surface area contributed by atoms with Crippen molar-refractivity contribution in [3.05, 3.63) is 11.6 Å². The molecule has 0 aromatic carbocycles. The van der Waals surface area contributed by atoms with Crippen molar-refractivity contribution in [1.82, 2.24) is 0 Å². The van der Waals surface area contributed by atoms with E-state index >= 15 is 0 Å². The summed E-state index contributed by atoms with van der Waals surface area (Å²) in [6.07, 6.45) is 8.33. The first-order valence-corrected chi connectivity index (χ1v) is 9.39. The predicted octanol–water partition coefficient (Wildman–Crippen LogP) is 3.45. The molecule has 4 rings (SSSR count). The molecule has 3 heteroatoms. The maximum absolute atomic E-state index is 12.7. The zero-order valence-electron chi connectivity index (χ0n) is 14.6. The summed E-state index contributed by atoms with van der Waals surface area (Å²) in [5.41, 5.74) is 1.27. The summed E-state index contributed by atoms with van der Waals surface area (Å²) < 4.78 is 0. The van der Waals surface area contributed by atoms with Crippen molar-refractivity contribution in [3.63, 3.8) is 0 Å². The molecule has 0 amide bonds. The highest BCUT2D eigenvalue weighted by Crippen LogP contribution is 2.65. The minimum atomic E-state index is -1.61. The summed E-state index contributed by atoms with van der Waals surface area (Å²) in [6, 6.07) is 0. The molecule has 3 saturated carbocycles. The highest BCUT2D eigenvalue weighted by molar-refractivity contribution is 5.89. The molecule has 0 aromatic heterocycles. The lowest BCUT2D eigenvalue weighted by Crippen LogP contribution is -2.51. The minimum Gasteiger partial charge on any atom is -0.362 e. The van der Waals surface area contributed by atoms with Crippen molar-refractivity contribution in [3.8, 4) is 0 Å². The number of aliphatic hydroxyl groups is 2. The first kappa shape index (κ1) is 15.8. The van der Waals surface area contributed by atoms with E-state index in [1.165, 1.54) is 5.57 Å². The molecular weight excluding hydrogens is 288 g/mol. The van der Waals surface area contributed by atoms with Crippen molar-refractivity contribution in [2.75, 3.05) is 0 Å². The molecule has 0 spiro atoms. The van der Waals surface area contributed by atoms with Crippen molar-refractivity contribution >= 4 is 5.78 Å². The number of ketones is 1. The van der Waals surface area contributed by atoms with Crippen LogP contribution in [0.2, 0.25) is 0 Å². The topological polar surface area (TPSA) is 57.5 Å². The zero-order chi connectivity index (χ0) is 16.6. The maximum Gasteiger partial charge on any atom is 0.182 e. The quantitative estimate of drug-likeness (QED) is 0.531. The Labute approximate surface area is 139 Å². The zero-order valence-corrected chi connectivity index (χ0v) is 14.6. The molecule has 3 fully saturated rings. The standard InChI is InChI=1S/C20H30O3/c1-12-10-16-14-5-4-13-11-20(22,23)9-8-18(13,2)15(14)6-7-19(16,3)17(12)21/h11-12,14-16,22-23H,4-10H2,1-3H3/t12-,14+,15-,16-,18-,19-/m0/s1. The number of Topliss-reactive ketones (excluding diaryl/α,β-unsaturated/α-hetero) is 1. The summed E-state index contributed by atoms with van der Waals surface area (Å²) in [4.78, 5) is 12.7. The monoisotopic (exact) mass is 318 g/mol. The van der Waals surface area contributed by atoms with E-state index in [4.69, 9.17) is 0 Å².